The van der Waals surface area contributed by atoms with Crippen LogP contribution < -0.4 is 10.1 Å². The lowest BCUT2D eigenvalue weighted by atomic mass is 10.3. The van der Waals surface area contributed by atoms with Crippen molar-refractivity contribution in [3.05, 3.63) is 35.5 Å². The van der Waals surface area contributed by atoms with Gasteiger partial charge in [0.2, 0.25) is 5.88 Å². The molecular weight excluding hydrogens is 224 g/mol. The zero-order valence-electron chi connectivity index (χ0n) is 9.50. The largest absolute Gasteiger partial charge is 0.476 e. The first-order valence-corrected chi connectivity index (χ1v) is 5.74. The summed E-state index contributed by atoms with van der Waals surface area (Å²) in [4.78, 5) is 4.17. The number of nitrogens with one attached hydrogen (secondary N) is 1. The van der Waals surface area contributed by atoms with Crippen molar-refractivity contribution in [2.24, 2.45) is 0 Å². The van der Waals surface area contributed by atoms with E-state index in [1.807, 2.05) is 6.07 Å². The second-order valence-electron chi connectivity index (χ2n) is 3.34. The van der Waals surface area contributed by atoms with Gasteiger partial charge in [-0.15, -0.1) is 6.58 Å². The predicted octanol–water partition coefficient (Wildman–Crippen LogP) is 2.80. The minimum absolute atomic E-state index is 0.490. The maximum atomic E-state index is 6.05. The number of aromatic nitrogens is 1. The molecule has 0 aromatic carbocycles. The Kier molecular flexibility index (Phi) is 5.90. The average molecular weight is 241 g/mol. The molecule has 0 radical (unpaired) electrons. The van der Waals surface area contributed by atoms with Gasteiger partial charge in [-0.1, -0.05) is 24.6 Å². The van der Waals surface area contributed by atoms with E-state index in [0.29, 0.717) is 17.5 Å². The third-order valence-corrected chi connectivity index (χ3v) is 2.27. The molecule has 0 atom stereocenters. The molecule has 1 heterocycles. The molecule has 4 heteroatoms. The van der Waals surface area contributed by atoms with Crippen LogP contribution in [-0.4, -0.2) is 18.1 Å². The molecule has 0 unspecified atom stereocenters. The van der Waals surface area contributed by atoms with E-state index in [1.54, 1.807) is 12.3 Å². The van der Waals surface area contributed by atoms with Crippen LogP contribution in [-0.2, 0) is 6.54 Å². The van der Waals surface area contributed by atoms with E-state index in [0.717, 1.165) is 25.1 Å². The molecule has 16 heavy (non-hydrogen) atoms. The highest BCUT2D eigenvalue weighted by Gasteiger charge is 2.04. The summed E-state index contributed by atoms with van der Waals surface area (Å²) in [5.74, 6) is 0.490. The molecule has 0 aliphatic rings. The van der Waals surface area contributed by atoms with Gasteiger partial charge in [-0.2, -0.15) is 0 Å². The topological polar surface area (TPSA) is 34.1 Å². The summed E-state index contributed by atoms with van der Waals surface area (Å²) in [5.41, 5.74) is 1.06. The van der Waals surface area contributed by atoms with Crippen LogP contribution in [0.25, 0.3) is 0 Å². The molecule has 0 fully saturated rings. The Bertz CT molecular complexity index is 342. The lowest BCUT2D eigenvalue weighted by Crippen LogP contribution is -2.12. The molecule has 1 aromatic rings. The molecule has 3 nitrogen and oxygen atoms in total. The van der Waals surface area contributed by atoms with Crippen LogP contribution in [0.5, 0.6) is 5.88 Å². The van der Waals surface area contributed by atoms with Crippen LogP contribution >= 0.6 is 11.6 Å². The lowest BCUT2D eigenvalue weighted by Gasteiger charge is -2.07. The molecular formula is C12H17ClN2O. The maximum Gasteiger partial charge on any atom is 0.232 e. The first-order chi connectivity index (χ1) is 7.77. The Morgan fingerprint density at radius 2 is 2.44 bits per heavy atom. The highest BCUT2D eigenvalue weighted by Crippen LogP contribution is 2.22. The summed E-state index contributed by atoms with van der Waals surface area (Å²) >= 11 is 6.05. The Balaban J connectivity index is 2.56. The third kappa shape index (κ3) is 4.21. The van der Waals surface area contributed by atoms with Crippen LogP contribution in [0.1, 0.15) is 18.9 Å². The molecule has 0 saturated heterocycles. The summed E-state index contributed by atoms with van der Waals surface area (Å²) < 4.78 is 5.40. The van der Waals surface area contributed by atoms with Crippen LogP contribution in [0.4, 0.5) is 0 Å². The van der Waals surface area contributed by atoms with Crippen molar-refractivity contribution < 1.29 is 4.74 Å². The van der Waals surface area contributed by atoms with Gasteiger partial charge in [0.15, 0.2) is 0 Å². The van der Waals surface area contributed by atoms with Gasteiger partial charge in [0.1, 0.15) is 5.02 Å². The van der Waals surface area contributed by atoms with Crippen molar-refractivity contribution >= 4 is 11.6 Å². The fourth-order valence-electron chi connectivity index (χ4n) is 1.18. The zero-order chi connectivity index (χ0) is 11.8. The van der Waals surface area contributed by atoms with Gasteiger partial charge in [-0.05, 0) is 24.6 Å². The van der Waals surface area contributed by atoms with Crippen molar-refractivity contribution in [1.82, 2.24) is 10.3 Å². The van der Waals surface area contributed by atoms with Crippen molar-refractivity contribution in [2.75, 3.05) is 13.2 Å². The lowest BCUT2D eigenvalue weighted by molar-refractivity contribution is 0.312. The molecule has 88 valence electrons. The molecule has 0 aliphatic carbocycles. The van der Waals surface area contributed by atoms with Crippen molar-refractivity contribution in [2.45, 2.75) is 19.9 Å². The first-order valence-electron chi connectivity index (χ1n) is 5.36. The van der Waals surface area contributed by atoms with E-state index in [2.05, 4.69) is 23.8 Å². The first kappa shape index (κ1) is 13.0. The summed E-state index contributed by atoms with van der Waals surface area (Å²) in [5, 5.41) is 3.77. The minimum atomic E-state index is 0.490. The van der Waals surface area contributed by atoms with Crippen molar-refractivity contribution in [3.8, 4) is 5.88 Å². The number of ether oxygens (including phenoxy) is 1. The van der Waals surface area contributed by atoms with E-state index in [9.17, 15) is 0 Å². The molecule has 0 amide bonds. The Labute approximate surface area is 101 Å². The molecule has 0 saturated carbocycles. The van der Waals surface area contributed by atoms with Gasteiger partial charge in [0, 0.05) is 12.7 Å². The number of rotatable bonds is 7. The van der Waals surface area contributed by atoms with Crippen LogP contribution in [0.15, 0.2) is 24.9 Å². The molecule has 1 aromatic heterocycles. The van der Waals surface area contributed by atoms with Crippen molar-refractivity contribution in [1.29, 1.82) is 0 Å². The molecule has 1 N–H and O–H groups in total. The fourth-order valence-corrected chi connectivity index (χ4v) is 1.42. The van der Waals surface area contributed by atoms with Crippen LogP contribution in [0.2, 0.25) is 5.02 Å². The van der Waals surface area contributed by atoms with Crippen LogP contribution in [0, 0.1) is 0 Å². The molecule has 1 rings (SSSR count). The van der Waals surface area contributed by atoms with Gasteiger partial charge >= 0.3 is 0 Å². The number of hydrogen-bond acceptors (Lipinski definition) is 3. The fraction of sp³-hybridized carbons (Fsp3) is 0.417. The maximum absolute atomic E-state index is 6.05. The Morgan fingerprint density at radius 1 is 1.62 bits per heavy atom. The normalized spacial score (nSPS) is 10.1. The highest BCUT2D eigenvalue weighted by molar-refractivity contribution is 6.31. The number of hydrogen-bond donors (Lipinski definition) is 1. The monoisotopic (exact) mass is 240 g/mol. The third-order valence-electron chi connectivity index (χ3n) is 2.00. The van der Waals surface area contributed by atoms with E-state index in [-0.39, 0.29) is 0 Å². The summed E-state index contributed by atoms with van der Waals surface area (Å²) in [6.07, 6.45) is 4.36. The summed E-state index contributed by atoms with van der Waals surface area (Å²) in [6, 6.07) is 1.88. The second-order valence-corrected chi connectivity index (χ2v) is 3.74. The van der Waals surface area contributed by atoms with E-state index in [4.69, 9.17) is 16.3 Å². The standard InChI is InChI=1S/C12H17ClN2O/c1-3-5-6-16-12-11(13)7-10(9-15-12)8-14-4-2/h3,7,9,14H,1,4-6,8H2,2H3. The molecule has 0 bridgehead atoms. The van der Waals surface area contributed by atoms with E-state index in [1.165, 1.54) is 0 Å². The van der Waals surface area contributed by atoms with E-state index >= 15 is 0 Å². The summed E-state index contributed by atoms with van der Waals surface area (Å²) in [7, 11) is 0. The van der Waals surface area contributed by atoms with Gasteiger partial charge in [0.05, 0.1) is 6.61 Å². The molecule has 0 aliphatic heterocycles. The Morgan fingerprint density at radius 3 is 3.06 bits per heavy atom. The smallest absolute Gasteiger partial charge is 0.232 e. The quantitative estimate of drug-likeness (QED) is 0.588. The van der Waals surface area contributed by atoms with E-state index < -0.39 is 0 Å². The number of nitrogens with zero attached hydrogens (tertiary/aromatic N) is 1. The Hall–Kier alpha value is -1.06. The summed E-state index contributed by atoms with van der Waals surface area (Å²) in [6.45, 7) is 7.94. The van der Waals surface area contributed by atoms with Gasteiger partial charge in [-0.3, -0.25) is 0 Å². The van der Waals surface area contributed by atoms with Gasteiger partial charge < -0.3 is 10.1 Å². The zero-order valence-corrected chi connectivity index (χ0v) is 10.3. The predicted molar refractivity (Wildman–Crippen MR) is 66.9 cm³/mol. The van der Waals surface area contributed by atoms with Crippen LogP contribution in [0.3, 0.4) is 0 Å². The van der Waals surface area contributed by atoms with Gasteiger partial charge in [-0.25, -0.2) is 4.98 Å². The van der Waals surface area contributed by atoms with Crippen molar-refractivity contribution in [3.63, 3.8) is 0 Å². The molecule has 0 spiro atoms. The minimum Gasteiger partial charge on any atom is -0.476 e. The second kappa shape index (κ2) is 7.25. The SMILES string of the molecule is C=CCCOc1ncc(CNCC)cc1Cl. The van der Waals surface area contributed by atoms with Gasteiger partial charge in [0.25, 0.3) is 0 Å². The number of halogens is 1. The average Bonchev–Trinajstić information content (AvgIpc) is 2.29. The highest BCUT2D eigenvalue weighted by atomic mass is 35.5. The number of pyridine rings is 1.